The van der Waals surface area contributed by atoms with E-state index in [-0.39, 0.29) is 5.92 Å². The zero-order chi connectivity index (χ0) is 16.9. The summed E-state index contributed by atoms with van der Waals surface area (Å²) in [5.41, 5.74) is 2.90. The molecule has 0 spiro atoms. The summed E-state index contributed by atoms with van der Waals surface area (Å²) >= 11 is 0. The van der Waals surface area contributed by atoms with Gasteiger partial charge in [-0.3, -0.25) is 9.69 Å². The number of carbonyl (C=O) groups is 1. The molecule has 0 radical (unpaired) electrons. The fourth-order valence-corrected chi connectivity index (χ4v) is 4.04. The van der Waals surface area contributed by atoms with Crippen molar-refractivity contribution in [2.75, 3.05) is 26.2 Å². The van der Waals surface area contributed by atoms with E-state index in [0.717, 1.165) is 44.8 Å². The molecular weight excluding hydrogens is 296 g/mol. The van der Waals surface area contributed by atoms with Gasteiger partial charge < -0.3 is 4.90 Å². The van der Waals surface area contributed by atoms with Crippen molar-refractivity contribution in [2.24, 2.45) is 11.8 Å². The van der Waals surface area contributed by atoms with Crippen molar-refractivity contribution in [1.29, 1.82) is 0 Å². The van der Waals surface area contributed by atoms with Crippen LogP contribution in [0.5, 0.6) is 0 Å². The van der Waals surface area contributed by atoms with E-state index in [9.17, 15) is 4.79 Å². The van der Waals surface area contributed by atoms with Crippen LogP contribution in [0.4, 0.5) is 0 Å². The highest BCUT2D eigenvalue weighted by Crippen LogP contribution is 2.23. The van der Waals surface area contributed by atoms with E-state index in [4.69, 9.17) is 0 Å². The normalized spacial score (nSPS) is 20.0. The maximum Gasteiger partial charge on any atom is 0.225 e. The fourth-order valence-electron chi connectivity index (χ4n) is 4.04. The molecular formula is C21H32N2O. The molecule has 0 N–H and O–H groups in total. The van der Waals surface area contributed by atoms with Crippen LogP contribution in [0.1, 0.15) is 50.7 Å². The van der Waals surface area contributed by atoms with Gasteiger partial charge in [-0.05, 0) is 62.2 Å². The fraction of sp³-hybridized carbons (Fsp3) is 0.667. The van der Waals surface area contributed by atoms with E-state index in [2.05, 4.69) is 34.1 Å². The highest BCUT2D eigenvalue weighted by Gasteiger charge is 2.24. The first kappa shape index (κ1) is 17.5. The van der Waals surface area contributed by atoms with Gasteiger partial charge >= 0.3 is 0 Å². The highest BCUT2D eigenvalue weighted by atomic mass is 16.2. The lowest BCUT2D eigenvalue weighted by atomic mass is 9.89. The molecule has 0 saturated carbocycles. The minimum Gasteiger partial charge on any atom is -0.342 e. The van der Waals surface area contributed by atoms with Crippen molar-refractivity contribution in [3.63, 3.8) is 0 Å². The number of amides is 1. The average molecular weight is 329 g/mol. The summed E-state index contributed by atoms with van der Waals surface area (Å²) < 4.78 is 0. The highest BCUT2D eigenvalue weighted by molar-refractivity contribution is 5.78. The number of benzene rings is 1. The number of nitrogens with zero attached hydrogens (tertiary/aromatic N) is 2. The molecule has 0 bridgehead atoms. The van der Waals surface area contributed by atoms with Crippen LogP contribution in [0.25, 0.3) is 0 Å². The van der Waals surface area contributed by atoms with Gasteiger partial charge in [0.05, 0.1) is 0 Å². The van der Waals surface area contributed by atoms with E-state index in [1.54, 1.807) is 0 Å². The Morgan fingerprint density at radius 3 is 2.17 bits per heavy atom. The largest absolute Gasteiger partial charge is 0.342 e. The van der Waals surface area contributed by atoms with E-state index < -0.39 is 0 Å². The van der Waals surface area contributed by atoms with Crippen molar-refractivity contribution in [3.05, 3.63) is 35.4 Å². The Morgan fingerprint density at radius 2 is 1.58 bits per heavy atom. The van der Waals surface area contributed by atoms with Crippen molar-refractivity contribution < 1.29 is 4.79 Å². The summed E-state index contributed by atoms with van der Waals surface area (Å²) in [4.78, 5) is 16.7. The lowest BCUT2D eigenvalue weighted by molar-refractivity contribution is -0.135. The van der Waals surface area contributed by atoms with Crippen LogP contribution in [0.3, 0.4) is 0 Å². The summed E-state index contributed by atoms with van der Waals surface area (Å²) in [5.74, 6) is 1.18. The number of hydrogen-bond donors (Lipinski definition) is 0. The van der Waals surface area contributed by atoms with Crippen LogP contribution in [0, 0.1) is 11.8 Å². The lowest BCUT2D eigenvalue weighted by Gasteiger charge is -2.33. The molecule has 0 atom stereocenters. The summed E-state index contributed by atoms with van der Waals surface area (Å²) in [5, 5.41) is 0. The molecule has 132 valence electrons. The summed E-state index contributed by atoms with van der Waals surface area (Å²) in [6.07, 6.45) is 6.17. The van der Waals surface area contributed by atoms with Crippen LogP contribution >= 0.6 is 0 Å². The molecule has 1 aromatic carbocycles. The second-order valence-corrected chi connectivity index (χ2v) is 7.93. The van der Waals surface area contributed by atoms with Crippen molar-refractivity contribution >= 4 is 5.91 Å². The Balaban J connectivity index is 1.46. The van der Waals surface area contributed by atoms with Gasteiger partial charge in [0.1, 0.15) is 0 Å². The molecule has 3 nitrogen and oxygen atoms in total. The van der Waals surface area contributed by atoms with Crippen LogP contribution in [0.15, 0.2) is 24.3 Å². The number of rotatable bonds is 5. The van der Waals surface area contributed by atoms with E-state index in [1.165, 1.54) is 37.1 Å². The zero-order valence-corrected chi connectivity index (χ0v) is 15.3. The van der Waals surface area contributed by atoms with Gasteiger partial charge in [-0.1, -0.05) is 38.1 Å². The molecule has 3 rings (SSSR count). The van der Waals surface area contributed by atoms with Gasteiger partial charge in [-0.15, -0.1) is 0 Å². The Labute approximate surface area is 147 Å². The minimum atomic E-state index is 0.129. The van der Waals surface area contributed by atoms with Crippen molar-refractivity contribution in [1.82, 2.24) is 9.80 Å². The zero-order valence-electron chi connectivity index (χ0n) is 15.3. The predicted octanol–water partition coefficient (Wildman–Crippen LogP) is 3.72. The first-order valence-corrected chi connectivity index (χ1v) is 9.71. The summed E-state index contributed by atoms with van der Waals surface area (Å²) in [6, 6.07) is 9.25. The maximum absolute atomic E-state index is 12.1. The second kappa shape index (κ2) is 8.15. The SMILES string of the molecule is CC(C)C(=O)N1CCC(Cc2ccc(CN3CCCC3)cc2)CC1. The van der Waals surface area contributed by atoms with Gasteiger partial charge in [0.25, 0.3) is 0 Å². The monoisotopic (exact) mass is 328 g/mol. The Morgan fingerprint density at radius 1 is 1.00 bits per heavy atom. The molecule has 1 amide bonds. The maximum atomic E-state index is 12.1. The third kappa shape index (κ3) is 4.60. The van der Waals surface area contributed by atoms with Crippen molar-refractivity contribution in [3.8, 4) is 0 Å². The van der Waals surface area contributed by atoms with E-state index >= 15 is 0 Å². The summed E-state index contributed by atoms with van der Waals surface area (Å²) in [6.45, 7) is 9.50. The Kier molecular flexibility index (Phi) is 5.94. The third-order valence-electron chi connectivity index (χ3n) is 5.57. The van der Waals surface area contributed by atoms with Gasteiger partial charge in [-0.25, -0.2) is 0 Å². The third-order valence-corrected chi connectivity index (χ3v) is 5.57. The van der Waals surface area contributed by atoms with Crippen molar-refractivity contribution in [2.45, 2.75) is 52.5 Å². The Bertz CT molecular complexity index is 523. The smallest absolute Gasteiger partial charge is 0.225 e. The van der Waals surface area contributed by atoms with Crippen LogP contribution in [-0.4, -0.2) is 41.9 Å². The van der Waals surface area contributed by atoms with Gasteiger partial charge in [0.15, 0.2) is 0 Å². The van der Waals surface area contributed by atoms with Gasteiger partial charge in [0.2, 0.25) is 5.91 Å². The average Bonchev–Trinajstić information content (AvgIpc) is 3.09. The summed E-state index contributed by atoms with van der Waals surface area (Å²) in [7, 11) is 0. The molecule has 0 aromatic heterocycles. The predicted molar refractivity (Wildman–Crippen MR) is 98.8 cm³/mol. The van der Waals surface area contributed by atoms with Gasteiger partial charge in [-0.2, -0.15) is 0 Å². The lowest BCUT2D eigenvalue weighted by Crippen LogP contribution is -2.40. The number of likely N-dealkylation sites (tertiary alicyclic amines) is 2. The number of carbonyl (C=O) groups excluding carboxylic acids is 1. The molecule has 3 heteroatoms. The second-order valence-electron chi connectivity index (χ2n) is 7.93. The van der Waals surface area contributed by atoms with E-state index in [1.807, 2.05) is 13.8 Å². The van der Waals surface area contributed by atoms with E-state index in [0.29, 0.717) is 5.91 Å². The van der Waals surface area contributed by atoms with Crippen LogP contribution in [-0.2, 0) is 17.8 Å². The number of piperidine rings is 1. The standard InChI is InChI=1S/C21H32N2O/c1-17(2)21(24)23-13-9-19(10-14-23)15-18-5-7-20(8-6-18)16-22-11-3-4-12-22/h5-8,17,19H,3-4,9-16H2,1-2H3. The molecule has 2 aliphatic heterocycles. The molecule has 1 aromatic rings. The molecule has 2 heterocycles. The Hall–Kier alpha value is -1.35. The topological polar surface area (TPSA) is 23.6 Å². The molecule has 2 aliphatic rings. The molecule has 24 heavy (non-hydrogen) atoms. The van der Waals surface area contributed by atoms with Crippen LogP contribution in [0.2, 0.25) is 0 Å². The molecule has 2 saturated heterocycles. The van der Waals surface area contributed by atoms with Crippen LogP contribution < -0.4 is 0 Å². The molecule has 2 fully saturated rings. The quantitative estimate of drug-likeness (QED) is 0.822. The first-order chi connectivity index (χ1) is 11.6. The minimum absolute atomic E-state index is 0.129. The first-order valence-electron chi connectivity index (χ1n) is 9.71. The number of hydrogen-bond acceptors (Lipinski definition) is 2. The van der Waals surface area contributed by atoms with Gasteiger partial charge in [0, 0.05) is 25.6 Å². The molecule has 0 aliphatic carbocycles. The molecule has 0 unspecified atom stereocenters.